The van der Waals surface area contributed by atoms with E-state index in [1.54, 1.807) is 0 Å². The first-order chi connectivity index (χ1) is 20.8. The Kier molecular flexibility index (Phi) is 3.77. The van der Waals surface area contributed by atoms with Gasteiger partial charge in [-0.3, -0.25) is 0 Å². The molecular weight excluding hydrogens is 504 g/mol. The smallest absolute Gasteiger partial charge is 0.000682 e. The fourth-order valence-corrected chi connectivity index (χ4v) is 8.80. The lowest BCUT2D eigenvalue weighted by Gasteiger charge is -2.28. The van der Waals surface area contributed by atoms with Crippen molar-refractivity contribution in [1.29, 1.82) is 0 Å². The Morgan fingerprint density at radius 1 is 0.286 bits per heavy atom. The molecule has 0 saturated heterocycles. The van der Waals surface area contributed by atoms with Crippen LogP contribution in [0.25, 0.3) is 86.9 Å². The van der Waals surface area contributed by atoms with Crippen molar-refractivity contribution in [1.82, 2.24) is 0 Å². The third-order valence-corrected chi connectivity index (χ3v) is 10.4. The van der Waals surface area contributed by atoms with E-state index in [2.05, 4.69) is 121 Å². The summed E-state index contributed by atoms with van der Waals surface area (Å²) in [6.07, 6.45) is 1.96. The summed E-state index contributed by atoms with van der Waals surface area (Å²) in [6.45, 7) is 0. The van der Waals surface area contributed by atoms with Crippen LogP contribution in [0.15, 0.2) is 121 Å². The van der Waals surface area contributed by atoms with Crippen molar-refractivity contribution in [2.75, 3.05) is 0 Å². The first kappa shape index (κ1) is 21.5. The SMILES string of the molecule is c1ccc2c(c1)Cc1ccc3c4ccc5c6c(ccc(c7ccc-2c1c73)c64)Cc1c-5c2ccccc2c2ccccc12. The van der Waals surface area contributed by atoms with E-state index in [0.717, 1.165) is 12.8 Å². The Labute approximate surface area is 242 Å². The minimum absolute atomic E-state index is 0.963. The first-order valence-corrected chi connectivity index (χ1v) is 15.0. The second-order valence-electron chi connectivity index (χ2n) is 12.3. The van der Waals surface area contributed by atoms with Crippen molar-refractivity contribution < 1.29 is 0 Å². The summed E-state index contributed by atoms with van der Waals surface area (Å²) in [7, 11) is 0. The van der Waals surface area contributed by atoms with Gasteiger partial charge in [0.25, 0.3) is 0 Å². The van der Waals surface area contributed by atoms with Gasteiger partial charge < -0.3 is 0 Å². The molecule has 0 heterocycles. The van der Waals surface area contributed by atoms with Crippen LogP contribution in [-0.4, -0.2) is 0 Å². The van der Waals surface area contributed by atoms with Gasteiger partial charge in [-0.15, -0.1) is 0 Å². The van der Waals surface area contributed by atoms with Crippen molar-refractivity contribution in [3.05, 3.63) is 144 Å². The number of benzene rings is 9. The molecule has 9 aromatic carbocycles. The third kappa shape index (κ3) is 2.43. The Balaban J connectivity index is 1.33. The maximum Gasteiger partial charge on any atom is -0.000682 e. The molecule has 9 aromatic rings. The van der Waals surface area contributed by atoms with Gasteiger partial charge in [0.1, 0.15) is 0 Å². The van der Waals surface area contributed by atoms with Crippen molar-refractivity contribution in [3.63, 3.8) is 0 Å². The molecule has 0 fully saturated rings. The number of hydrogen-bond acceptors (Lipinski definition) is 0. The van der Waals surface area contributed by atoms with Crippen LogP contribution in [0.3, 0.4) is 0 Å². The van der Waals surface area contributed by atoms with E-state index in [-0.39, 0.29) is 0 Å². The predicted molar refractivity (Wildman–Crippen MR) is 179 cm³/mol. The Bertz CT molecular complexity index is 2650. The summed E-state index contributed by atoms with van der Waals surface area (Å²) in [5, 5.41) is 16.8. The maximum atomic E-state index is 2.43. The van der Waals surface area contributed by atoms with Crippen molar-refractivity contribution in [3.8, 4) is 22.3 Å². The van der Waals surface area contributed by atoms with E-state index in [0.29, 0.717) is 0 Å². The second-order valence-corrected chi connectivity index (χ2v) is 12.3. The van der Waals surface area contributed by atoms with Crippen molar-refractivity contribution in [2.45, 2.75) is 12.8 Å². The molecule has 11 rings (SSSR count). The van der Waals surface area contributed by atoms with Gasteiger partial charge in [-0.1, -0.05) is 121 Å². The highest BCUT2D eigenvalue weighted by Gasteiger charge is 2.27. The number of fused-ring (bicyclic) bond motifs is 11. The van der Waals surface area contributed by atoms with Gasteiger partial charge in [0.05, 0.1) is 0 Å². The number of hydrogen-bond donors (Lipinski definition) is 0. The zero-order valence-electron chi connectivity index (χ0n) is 23.0. The lowest BCUT2D eigenvalue weighted by molar-refractivity contribution is 1.20. The monoisotopic (exact) mass is 528 g/mol. The standard InChI is InChI=1S/C42H24/c1-2-8-26-23(7-1)21-24-13-15-32-35-19-20-36-39-25(14-16-33(42(35)39)34-18-17-31(26)38(24)41(32)34)22-37-29-11-4-3-9-27(29)28-10-5-6-12-30(28)40(36)37/h1-20H,21-22H2. The Morgan fingerprint density at radius 2 is 0.810 bits per heavy atom. The van der Waals surface area contributed by atoms with Gasteiger partial charge >= 0.3 is 0 Å². The molecule has 42 heavy (non-hydrogen) atoms. The molecule has 0 nitrogen and oxygen atoms in total. The van der Waals surface area contributed by atoms with E-state index in [9.17, 15) is 0 Å². The van der Waals surface area contributed by atoms with Crippen molar-refractivity contribution in [2.24, 2.45) is 0 Å². The molecule has 2 aliphatic carbocycles. The normalized spacial score (nSPS) is 13.5. The molecule has 0 bridgehead atoms. The molecule has 0 aromatic heterocycles. The molecule has 0 saturated carbocycles. The molecule has 0 heteroatoms. The average molecular weight is 529 g/mol. The number of rotatable bonds is 0. The molecule has 0 radical (unpaired) electrons. The van der Waals surface area contributed by atoms with Crippen LogP contribution in [-0.2, 0) is 12.8 Å². The van der Waals surface area contributed by atoms with Crippen LogP contribution in [0.2, 0.25) is 0 Å². The lowest BCUT2D eigenvalue weighted by Crippen LogP contribution is -2.05. The maximum absolute atomic E-state index is 2.43. The topological polar surface area (TPSA) is 0 Å². The highest BCUT2D eigenvalue weighted by atomic mass is 14.3. The van der Waals surface area contributed by atoms with Crippen LogP contribution in [0.4, 0.5) is 0 Å². The minimum Gasteiger partial charge on any atom is -0.0619 e. The van der Waals surface area contributed by atoms with E-state index < -0.39 is 0 Å². The van der Waals surface area contributed by atoms with Crippen LogP contribution >= 0.6 is 0 Å². The quantitative estimate of drug-likeness (QED) is 0.136. The Hall–Kier alpha value is -5.20. The first-order valence-electron chi connectivity index (χ1n) is 15.0. The lowest BCUT2D eigenvalue weighted by atomic mass is 9.75. The van der Waals surface area contributed by atoms with Crippen molar-refractivity contribution >= 4 is 64.6 Å². The molecule has 2 aliphatic rings. The average Bonchev–Trinajstić information content (AvgIpc) is 3.05. The minimum atomic E-state index is 0.963. The fraction of sp³-hybridized carbons (Fsp3) is 0.0476. The fourth-order valence-electron chi connectivity index (χ4n) is 8.80. The van der Waals surface area contributed by atoms with Crippen LogP contribution in [0.5, 0.6) is 0 Å². The third-order valence-electron chi connectivity index (χ3n) is 10.4. The summed E-state index contributed by atoms with van der Waals surface area (Å²) in [5.41, 5.74) is 11.4. The molecule has 0 amide bonds. The summed E-state index contributed by atoms with van der Waals surface area (Å²) in [4.78, 5) is 0. The molecule has 0 spiro atoms. The van der Waals surface area contributed by atoms with Crippen LogP contribution in [0.1, 0.15) is 22.3 Å². The molecule has 192 valence electrons. The van der Waals surface area contributed by atoms with E-state index in [1.165, 1.54) is 109 Å². The van der Waals surface area contributed by atoms with Gasteiger partial charge in [-0.05, 0) is 122 Å². The van der Waals surface area contributed by atoms with E-state index >= 15 is 0 Å². The van der Waals surface area contributed by atoms with Gasteiger partial charge in [0.2, 0.25) is 0 Å². The summed E-state index contributed by atoms with van der Waals surface area (Å²) >= 11 is 0. The van der Waals surface area contributed by atoms with Gasteiger partial charge in [-0.2, -0.15) is 0 Å². The molecule has 0 atom stereocenters. The summed E-state index contributed by atoms with van der Waals surface area (Å²) in [5.74, 6) is 0. The Morgan fingerprint density at radius 3 is 1.55 bits per heavy atom. The van der Waals surface area contributed by atoms with Crippen LogP contribution < -0.4 is 0 Å². The highest BCUT2D eigenvalue weighted by molar-refractivity contribution is 6.37. The molecular formula is C42H24. The molecule has 0 aliphatic heterocycles. The van der Waals surface area contributed by atoms with Crippen LogP contribution in [0, 0.1) is 0 Å². The largest absolute Gasteiger partial charge is 0.0619 e. The predicted octanol–water partition coefficient (Wildman–Crippen LogP) is 11.2. The molecule has 0 unspecified atom stereocenters. The van der Waals surface area contributed by atoms with Gasteiger partial charge in [0, 0.05) is 0 Å². The molecule has 0 N–H and O–H groups in total. The summed E-state index contributed by atoms with van der Waals surface area (Å²) in [6, 6.07) is 46.2. The van der Waals surface area contributed by atoms with E-state index in [4.69, 9.17) is 0 Å². The zero-order chi connectivity index (χ0) is 27.1. The van der Waals surface area contributed by atoms with E-state index in [1.807, 2.05) is 0 Å². The second kappa shape index (κ2) is 7.35. The van der Waals surface area contributed by atoms with Gasteiger partial charge in [-0.25, -0.2) is 0 Å². The van der Waals surface area contributed by atoms with Gasteiger partial charge in [0.15, 0.2) is 0 Å². The summed E-state index contributed by atoms with van der Waals surface area (Å²) < 4.78 is 0. The zero-order valence-corrected chi connectivity index (χ0v) is 23.0. The highest BCUT2D eigenvalue weighted by Crippen LogP contribution is 2.52.